The predicted octanol–water partition coefficient (Wildman–Crippen LogP) is 4.57. The van der Waals surface area contributed by atoms with Crippen molar-refractivity contribution in [2.45, 2.75) is 50.8 Å². The third kappa shape index (κ3) is 6.16. The standard InChI is InChI=1S/C29H35N3O5S/c1-21(22-11-13-23(14-12-22)24-15-17-31(4)26(33)19-24)32-18-16-29(37-27(32)34,25-9-7-6-8-10-25)20-28(2,3)30-38(5,35)36/h6-15,17,19,21,30H,16,18,20H2,1-5H3/t21-,29?/m0/s1. The fourth-order valence-corrected chi connectivity index (χ4v) is 6.38. The molecule has 1 saturated heterocycles. The second kappa shape index (κ2) is 10.4. The quantitative estimate of drug-likeness (QED) is 0.454. The van der Waals surface area contributed by atoms with Crippen LogP contribution in [0.3, 0.4) is 0 Å². The summed E-state index contributed by atoms with van der Waals surface area (Å²) >= 11 is 0. The van der Waals surface area contributed by atoms with Crippen LogP contribution in [0.4, 0.5) is 4.79 Å². The van der Waals surface area contributed by atoms with Crippen molar-refractivity contribution in [3.8, 4) is 11.1 Å². The number of nitrogens with zero attached hydrogens (tertiary/aromatic N) is 2. The molecule has 38 heavy (non-hydrogen) atoms. The fourth-order valence-electron chi connectivity index (χ4n) is 5.31. The van der Waals surface area contributed by atoms with Gasteiger partial charge >= 0.3 is 6.09 Å². The third-order valence-corrected chi connectivity index (χ3v) is 7.98. The molecule has 1 amide bonds. The Kier molecular flexibility index (Phi) is 7.54. The van der Waals surface area contributed by atoms with Crippen molar-refractivity contribution in [3.63, 3.8) is 0 Å². The number of carbonyl (C=O) groups is 1. The zero-order valence-electron chi connectivity index (χ0n) is 22.5. The van der Waals surface area contributed by atoms with E-state index < -0.39 is 27.3 Å². The zero-order chi connectivity index (χ0) is 27.7. The van der Waals surface area contributed by atoms with E-state index in [1.807, 2.05) is 67.6 Å². The molecule has 1 unspecified atom stereocenters. The molecule has 1 aliphatic heterocycles. The second-order valence-electron chi connectivity index (χ2n) is 10.8. The molecular weight excluding hydrogens is 502 g/mol. The van der Waals surface area contributed by atoms with Crippen LogP contribution in [0.5, 0.6) is 0 Å². The molecule has 2 heterocycles. The summed E-state index contributed by atoms with van der Waals surface area (Å²) in [6, 6.07) is 20.6. The lowest BCUT2D eigenvalue weighted by molar-refractivity contribution is -0.0749. The molecule has 0 bridgehead atoms. The molecule has 202 valence electrons. The number of sulfonamides is 1. The summed E-state index contributed by atoms with van der Waals surface area (Å²) in [4.78, 5) is 27.2. The van der Waals surface area contributed by atoms with Gasteiger partial charge in [0.1, 0.15) is 5.60 Å². The summed E-state index contributed by atoms with van der Waals surface area (Å²) in [5.41, 5.74) is 1.65. The number of benzene rings is 2. The molecule has 8 nitrogen and oxygen atoms in total. The lowest BCUT2D eigenvalue weighted by Crippen LogP contribution is -2.54. The number of nitrogens with one attached hydrogen (secondary N) is 1. The summed E-state index contributed by atoms with van der Waals surface area (Å²) in [6.45, 7) is 6.00. The molecule has 0 saturated carbocycles. The number of pyridine rings is 1. The van der Waals surface area contributed by atoms with Gasteiger partial charge in [0.15, 0.2) is 0 Å². The molecule has 0 aliphatic carbocycles. The van der Waals surface area contributed by atoms with Crippen molar-refractivity contribution in [2.75, 3.05) is 12.8 Å². The van der Waals surface area contributed by atoms with Crippen LogP contribution in [0.25, 0.3) is 11.1 Å². The van der Waals surface area contributed by atoms with Gasteiger partial charge in [-0.3, -0.25) is 4.79 Å². The molecule has 4 rings (SSSR count). The number of cyclic esters (lactones) is 1. The number of carbonyl (C=O) groups excluding carboxylic acids is 1. The third-order valence-electron chi connectivity index (χ3n) is 7.06. The molecule has 0 spiro atoms. The molecule has 3 aromatic rings. The summed E-state index contributed by atoms with van der Waals surface area (Å²) in [5, 5.41) is 0. The Morgan fingerprint density at radius 3 is 2.26 bits per heavy atom. The van der Waals surface area contributed by atoms with E-state index in [-0.39, 0.29) is 18.0 Å². The molecule has 2 aromatic carbocycles. The lowest BCUT2D eigenvalue weighted by Gasteiger charge is -2.46. The number of aromatic nitrogens is 1. The van der Waals surface area contributed by atoms with Crippen molar-refractivity contribution >= 4 is 16.1 Å². The lowest BCUT2D eigenvalue weighted by atomic mass is 9.79. The van der Waals surface area contributed by atoms with Crippen LogP contribution in [0.2, 0.25) is 0 Å². The summed E-state index contributed by atoms with van der Waals surface area (Å²) in [6.07, 6.45) is 3.22. The first-order chi connectivity index (χ1) is 17.8. The van der Waals surface area contributed by atoms with Gasteiger partial charge < -0.3 is 14.2 Å². The molecule has 1 aliphatic rings. The molecule has 9 heteroatoms. The van der Waals surface area contributed by atoms with Crippen molar-refractivity contribution < 1.29 is 17.9 Å². The molecule has 1 N–H and O–H groups in total. The van der Waals surface area contributed by atoms with E-state index in [1.54, 1.807) is 38.1 Å². The van der Waals surface area contributed by atoms with Crippen molar-refractivity contribution in [1.29, 1.82) is 0 Å². The van der Waals surface area contributed by atoms with Crippen LogP contribution < -0.4 is 10.3 Å². The largest absolute Gasteiger partial charge is 0.438 e. The van der Waals surface area contributed by atoms with Gasteiger partial charge in [0.25, 0.3) is 5.56 Å². The Morgan fingerprint density at radius 1 is 1.03 bits per heavy atom. The minimum Gasteiger partial charge on any atom is -0.438 e. The number of ether oxygens (including phenoxy) is 1. The van der Waals surface area contributed by atoms with Crippen LogP contribution in [0.1, 0.15) is 50.8 Å². The fraction of sp³-hybridized carbons (Fsp3) is 0.379. The van der Waals surface area contributed by atoms with Gasteiger partial charge in [0.05, 0.1) is 12.3 Å². The predicted molar refractivity (Wildman–Crippen MR) is 148 cm³/mol. The second-order valence-corrected chi connectivity index (χ2v) is 12.5. The van der Waals surface area contributed by atoms with E-state index in [9.17, 15) is 18.0 Å². The molecule has 2 atom stereocenters. The Hall–Kier alpha value is -3.43. The summed E-state index contributed by atoms with van der Waals surface area (Å²) < 4.78 is 34.4. The molecule has 1 fully saturated rings. The van der Waals surface area contributed by atoms with Crippen molar-refractivity contribution in [2.24, 2.45) is 7.05 Å². The highest BCUT2D eigenvalue weighted by atomic mass is 32.2. The number of hydrogen-bond acceptors (Lipinski definition) is 5. The minimum atomic E-state index is -3.46. The number of amides is 1. The van der Waals surface area contributed by atoms with E-state index in [1.165, 1.54) is 4.57 Å². The number of rotatable bonds is 8. The topological polar surface area (TPSA) is 97.7 Å². The highest BCUT2D eigenvalue weighted by Gasteiger charge is 2.47. The Bertz CT molecular complexity index is 1470. The van der Waals surface area contributed by atoms with E-state index in [0.717, 1.165) is 28.5 Å². The van der Waals surface area contributed by atoms with Gasteiger partial charge in [-0.15, -0.1) is 0 Å². The van der Waals surface area contributed by atoms with Gasteiger partial charge in [-0.2, -0.15) is 0 Å². The van der Waals surface area contributed by atoms with E-state index in [2.05, 4.69) is 4.72 Å². The van der Waals surface area contributed by atoms with Crippen LogP contribution in [-0.2, 0) is 27.4 Å². The SMILES string of the molecule is C[C@@H](c1ccc(-c2ccn(C)c(=O)c2)cc1)N1CCC(CC(C)(C)NS(C)(=O)=O)(c2ccccc2)OC1=O. The first kappa shape index (κ1) is 27.6. The van der Waals surface area contributed by atoms with Crippen molar-refractivity contribution in [1.82, 2.24) is 14.2 Å². The average molecular weight is 538 g/mol. The minimum absolute atomic E-state index is 0.0761. The highest BCUT2D eigenvalue weighted by molar-refractivity contribution is 7.88. The first-order valence-electron chi connectivity index (χ1n) is 12.6. The van der Waals surface area contributed by atoms with Gasteiger partial charge in [-0.05, 0) is 49.1 Å². The van der Waals surface area contributed by atoms with Crippen molar-refractivity contribution in [3.05, 3.63) is 94.4 Å². The average Bonchev–Trinajstić information content (AvgIpc) is 2.84. The smallest absolute Gasteiger partial charge is 0.411 e. The number of hydrogen-bond donors (Lipinski definition) is 1. The zero-order valence-corrected chi connectivity index (χ0v) is 23.3. The first-order valence-corrected chi connectivity index (χ1v) is 14.5. The van der Waals surface area contributed by atoms with Crippen LogP contribution in [-0.4, -0.2) is 42.3 Å². The van der Waals surface area contributed by atoms with E-state index >= 15 is 0 Å². The van der Waals surface area contributed by atoms with Crippen LogP contribution >= 0.6 is 0 Å². The Morgan fingerprint density at radius 2 is 1.68 bits per heavy atom. The van der Waals surface area contributed by atoms with E-state index in [4.69, 9.17) is 4.74 Å². The summed E-state index contributed by atoms with van der Waals surface area (Å²) in [5.74, 6) is 0. The highest BCUT2D eigenvalue weighted by Crippen LogP contribution is 2.42. The van der Waals surface area contributed by atoms with Crippen LogP contribution in [0.15, 0.2) is 77.7 Å². The maximum atomic E-state index is 13.5. The Balaban J connectivity index is 1.56. The maximum absolute atomic E-state index is 13.5. The van der Waals surface area contributed by atoms with Gasteiger partial charge in [-0.1, -0.05) is 54.6 Å². The normalized spacial score (nSPS) is 19.2. The molecular formula is C29H35N3O5S. The van der Waals surface area contributed by atoms with Gasteiger partial charge in [-0.25, -0.2) is 17.9 Å². The van der Waals surface area contributed by atoms with Crippen LogP contribution in [0, 0.1) is 0 Å². The summed E-state index contributed by atoms with van der Waals surface area (Å²) in [7, 11) is -1.75. The molecule has 0 radical (unpaired) electrons. The number of aryl methyl sites for hydroxylation is 1. The molecule has 1 aromatic heterocycles. The van der Waals surface area contributed by atoms with Gasteiger partial charge in [0, 0.05) is 44.2 Å². The monoisotopic (exact) mass is 537 g/mol. The van der Waals surface area contributed by atoms with Gasteiger partial charge in [0.2, 0.25) is 10.0 Å². The Labute approximate surface area is 224 Å². The maximum Gasteiger partial charge on any atom is 0.411 e. The van der Waals surface area contributed by atoms with E-state index in [0.29, 0.717) is 13.0 Å².